The molecule has 1 aliphatic rings. The molecule has 0 fully saturated rings. The Morgan fingerprint density at radius 3 is 2.82 bits per heavy atom. The minimum absolute atomic E-state index is 0.0806. The Labute approximate surface area is 133 Å². The molecule has 3 rings (SSSR count). The number of fused-ring (bicyclic) bond motifs is 1. The van der Waals surface area contributed by atoms with E-state index in [0.717, 1.165) is 17.7 Å². The lowest BCUT2D eigenvalue weighted by atomic mass is 10.1. The van der Waals surface area contributed by atoms with E-state index in [9.17, 15) is 9.59 Å². The molecular formula is C17H18N2O2S. The number of nitrogens with one attached hydrogen (secondary N) is 1. The predicted octanol–water partition coefficient (Wildman–Crippen LogP) is 2.38. The Hall–Kier alpha value is -2.14. The molecule has 0 saturated carbocycles. The fourth-order valence-corrected chi connectivity index (χ4v) is 3.58. The van der Waals surface area contributed by atoms with Crippen LogP contribution in [0.5, 0.6) is 0 Å². The van der Waals surface area contributed by atoms with Gasteiger partial charge in [-0.2, -0.15) is 0 Å². The molecule has 5 heteroatoms. The summed E-state index contributed by atoms with van der Waals surface area (Å²) in [4.78, 5) is 27.2. The number of rotatable bonds is 4. The van der Waals surface area contributed by atoms with Crippen molar-refractivity contribution in [3.8, 4) is 0 Å². The van der Waals surface area contributed by atoms with Crippen LogP contribution in [0.3, 0.4) is 0 Å². The molecule has 0 radical (unpaired) electrons. The Kier molecular flexibility index (Phi) is 4.24. The molecule has 1 N–H and O–H groups in total. The quantitative estimate of drug-likeness (QED) is 0.942. The molecule has 1 unspecified atom stereocenters. The average Bonchev–Trinajstić information content (AvgIpc) is 3.13. The highest BCUT2D eigenvalue weighted by atomic mass is 32.1. The summed E-state index contributed by atoms with van der Waals surface area (Å²) in [5, 5.41) is 4.99. The molecule has 0 bridgehead atoms. The number of carbonyl (C=O) groups is 2. The third-order valence-electron chi connectivity index (χ3n) is 3.87. The van der Waals surface area contributed by atoms with Crippen LogP contribution >= 0.6 is 11.3 Å². The van der Waals surface area contributed by atoms with Gasteiger partial charge in [0, 0.05) is 30.5 Å². The van der Waals surface area contributed by atoms with E-state index in [-0.39, 0.29) is 11.8 Å². The number of amides is 2. The van der Waals surface area contributed by atoms with Crippen molar-refractivity contribution in [3.63, 3.8) is 0 Å². The standard InChI is InChI=1S/C17H18N2O2S/c1-12(20)19-15-7-3-2-5-13(15)11-16(19)17(21)18-9-8-14-6-4-10-22-14/h2-7,10,16H,8-9,11H2,1H3,(H,18,21). The van der Waals surface area contributed by atoms with E-state index in [1.165, 1.54) is 11.8 Å². The first-order valence-corrected chi connectivity index (χ1v) is 8.22. The topological polar surface area (TPSA) is 49.4 Å². The summed E-state index contributed by atoms with van der Waals surface area (Å²) >= 11 is 1.69. The number of hydrogen-bond acceptors (Lipinski definition) is 3. The van der Waals surface area contributed by atoms with E-state index in [0.29, 0.717) is 13.0 Å². The molecule has 0 aliphatic carbocycles. The molecule has 0 spiro atoms. The maximum atomic E-state index is 12.5. The van der Waals surface area contributed by atoms with Crippen LogP contribution in [0.15, 0.2) is 41.8 Å². The maximum Gasteiger partial charge on any atom is 0.243 e. The van der Waals surface area contributed by atoms with Gasteiger partial charge in [-0.05, 0) is 29.5 Å². The SMILES string of the molecule is CC(=O)N1c2ccccc2CC1C(=O)NCCc1cccs1. The van der Waals surface area contributed by atoms with Crippen molar-refractivity contribution in [3.05, 3.63) is 52.2 Å². The zero-order valence-corrected chi connectivity index (χ0v) is 13.2. The third kappa shape index (κ3) is 2.90. The highest BCUT2D eigenvalue weighted by molar-refractivity contribution is 7.09. The summed E-state index contributed by atoms with van der Waals surface area (Å²) in [6, 6.07) is 11.3. The largest absolute Gasteiger partial charge is 0.354 e. The van der Waals surface area contributed by atoms with Gasteiger partial charge in [0.25, 0.3) is 0 Å². The van der Waals surface area contributed by atoms with Gasteiger partial charge in [0.05, 0.1) is 0 Å². The van der Waals surface area contributed by atoms with E-state index in [1.54, 1.807) is 16.2 Å². The van der Waals surface area contributed by atoms with Crippen LogP contribution in [-0.4, -0.2) is 24.4 Å². The second-order valence-electron chi connectivity index (χ2n) is 5.36. The van der Waals surface area contributed by atoms with Crippen molar-refractivity contribution in [2.45, 2.75) is 25.8 Å². The summed E-state index contributed by atoms with van der Waals surface area (Å²) < 4.78 is 0. The number of benzene rings is 1. The molecule has 1 aromatic carbocycles. The number of anilines is 1. The first kappa shape index (κ1) is 14.8. The molecule has 1 aliphatic heterocycles. The number of thiophene rings is 1. The zero-order chi connectivity index (χ0) is 15.5. The highest BCUT2D eigenvalue weighted by Gasteiger charge is 2.36. The number of nitrogens with zero attached hydrogens (tertiary/aromatic N) is 1. The van der Waals surface area contributed by atoms with Crippen LogP contribution in [0, 0.1) is 0 Å². The summed E-state index contributed by atoms with van der Waals surface area (Å²) in [6.45, 7) is 2.10. The number of hydrogen-bond donors (Lipinski definition) is 1. The molecule has 114 valence electrons. The Morgan fingerprint density at radius 2 is 2.09 bits per heavy atom. The van der Waals surface area contributed by atoms with Crippen molar-refractivity contribution in [1.82, 2.24) is 5.32 Å². The van der Waals surface area contributed by atoms with E-state index >= 15 is 0 Å². The average molecular weight is 314 g/mol. The van der Waals surface area contributed by atoms with Gasteiger partial charge in [-0.25, -0.2) is 0 Å². The van der Waals surface area contributed by atoms with E-state index in [4.69, 9.17) is 0 Å². The first-order valence-electron chi connectivity index (χ1n) is 7.34. The minimum Gasteiger partial charge on any atom is -0.354 e. The van der Waals surface area contributed by atoms with E-state index < -0.39 is 6.04 Å². The molecule has 2 heterocycles. The first-order chi connectivity index (χ1) is 10.7. The molecule has 2 amide bonds. The van der Waals surface area contributed by atoms with Gasteiger partial charge in [-0.1, -0.05) is 24.3 Å². The van der Waals surface area contributed by atoms with Crippen molar-refractivity contribution in [2.75, 3.05) is 11.4 Å². The lowest BCUT2D eigenvalue weighted by molar-refractivity contribution is -0.125. The smallest absolute Gasteiger partial charge is 0.243 e. The van der Waals surface area contributed by atoms with Gasteiger partial charge in [-0.3, -0.25) is 14.5 Å². The zero-order valence-electron chi connectivity index (χ0n) is 12.4. The van der Waals surface area contributed by atoms with Crippen molar-refractivity contribution >= 4 is 28.8 Å². The van der Waals surface area contributed by atoms with Gasteiger partial charge >= 0.3 is 0 Å². The summed E-state index contributed by atoms with van der Waals surface area (Å²) in [5.74, 6) is -0.175. The van der Waals surface area contributed by atoms with Crippen LogP contribution in [0.4, 0.5) is 5.69 Å². The Morgan fingerprint density at radius 1 is 1.27 bits per heavy atom. The summed E-state index contributed by atoms with van der Waals surface area (Å²) in [5.41, 5.74) is 1.91. The van der Waals surface area contributed by atoms with Crippen LogP contribution < -0.4 is 10.2 Å². The van der Waals surface area contributed by atoms with Crippen LogP contribution in [0.2, 0.25) is 0 Å². The van der Waals surface area contributed by atoms with Gasteiger partial charge in [-0.15, -0.1) is 11.3 Å². The summed E-state index contributed by atoms with van der Waals surface area (Å²) in [7, 11) is 0. The molecule has 0 saturated heterocycles. The third-order valence-corrected chi connectivity index (χ3v) is 4.80. The van der Waals surface area contributed by atoms with Gasteiger partial charge in [0.1, 0.15) is 6.04 Å². The maximum absolute atomic E-state index is 12.5. The monoisotopic (exact) mass is 314 g/mol. The van der Waals surface area contributed by atoms with Gasteiger partial charge in [0.15, 0.2) is 0 Å². The summed E-state index contributed by atoms with van der Waals surface area (Å²) in [6.07, 6.45) is 1.41. The minimum atomic E-state index is -0.432. The Balaban J connectivity index is 1.66. The molecule has 2 aromatic rings. The van der Waals surface area contributed by atoms with Crippen molar-refractivity contribution < 1.29 is 9.59 Å². The van der Waals surface area contributed by atoms with E-state index in [2.05, 4.69) is 11.4 Å². The van der Waals surface area contributed by atoms with Crippen molar-refractivity contribution in [2.24, 2.45) is 0 Å². The predicted molar refractivity (Wildman–Crippen MR) is 88.1 cm³/mol. The molecular weight excluding hydrogens is 296 g/mol. The second-order valence-corrected chi connectivity index (χ2v) is 6.39. The lowest BCUT2D eigenvalue weighted by Gasteiger charge is -2.23. The van der Waals surface area contributed by atoms with Crippen molar-refractivity contribution in [1.29, 1.82) is 0 Å². The molecule has 4 nitrogen and oxygen atoms in total. The molecule has 1 aromatic heterocycles. The van der Waals surface area contributed by atoms with Crippen LogP contribution in [0.1, 0.15) is 17.4 Å². The molecule has 1 atom stereocenters. The number of para-hydroxylation sites is 1. The molecule has 22 heavy (non-hydrogen) atoms. The second kappa shape index (κ2) is 6.32. The number of carbonyl (C=O) groups excluding carboxylic acids is 2. The van der Waals surface area contributed by atoms with Gasteiger partial charge < -0.3 is 5.32 Å². The highest BCUT2D eigenvalue weighted by Crippen LogP contribution is 2.32. The van der Waals surface area contributed by atoms with E-state index in [1.807, 2.05) is 35.7 Å². The lowest BCUT2D eigenvalue weighted by Crippen LogP contribution is -2.47. The Bertz CT molecular complexity index is 682. The van der Waals surface area contributed by atoms with Crippen LogP contribution in [0.25, 0.3) is 0 Å². The van der Waals surface area contributed by atoms with Crippen LogP contribution in [-0.2, 0) is 22.4 Å². The normalized spacial score (nSPS) is 16.4. The van der Waals surface area contributed by atoms with Gasteiger partial charge in [0.2, 0.25) is 11.8 Å². The fraction of sp³-hybridized carbons (Fsp3) is 0.294. The fourth-order valence-electron chi connectivity index (χ4n) is 2.87.